The van der Waals surface area contributed by atoms with Crippen LogP contribution in [-0.2, 0) is 14.8 Å². The molecule has 1 atom stereocenters. The van der Waals surface area contributed by atoms with E-state index < -0.39 is 28.5 Å². The van der Waals surface area contributed by atoms with E-state index >= 15 is 0 Å². The zero-order chi connectivity index (χ0) is 25.4. The van der Waals surface area contributed by atoms with Gasteiger partial charge in [-0.1, -0.05) is 30.3 Å². The molecule has 0 aliphatic carbocycles. The fraction of sp³-hybridized carbons (Fsp3) is 0.269. The van der Waals surface area contributed by atoms with Crippen LogP contribution in [-0.4, -0.2) is 40.8 Å². The number of thioether (sulfide) groups is 1. The highest BCUT2D eigenvalue weighted by atomic mass is 32.2. The van der Waals surface area contributed by atoms with E-state index in [9.17, 15) is 13.2 Å². The Kier molecular flexibility index (Phi) is 9.06. The lowest BCUT2D eigenvalue weighted by molar-refractivity contribution is -0.120. The standard InChI is InChI=1S/C26H30N2O5S2/c1-5-33-25-13-9-7-11-23(25)28(35(30,31)21-16-14-20(34-4)15-17-21)18-26(29)27-19(2)22-10-6-8-12-24(22)32-3/h6-17,19H,5,18H2,1-4H3,(H,27,29)/t19-/m1/s1. The van der Waals surface area contributed by atoms with Crippen molar-refractivity contribution in [3.63, 3.8) is 0 Å². The Morgan fingerprint density at radius 3 is 2.26 bits per heavy atom. The fourth-order valence-electron chi connectivity index (χ4n) is 3.63. The molecule has 3 rings (SSSR count). The van der Waals surface area contributed by atoms with E-state index in [2.05, 4.69) is 5.32 Å². The van der Waals surface area contributed by atoms with Crippen molar-refractivity contribution in [1.82, 2.24) is 5.32 Å². The molecule has 1 amide bonds. The molecule has 1 N–H and O–H groups in total. The van der Waals surface area contributed by atoms with Gasteiger partial charge in [-0.25, -0.2) is 8.42 Å². The van der Waals surface area contributed by atoms with Gasteiger partial charge in [-0.15, -0.1) is 11.8 Å². The summed E-state index contributed by atoms with van der Waals surface area (Å²) >= 11 is 1.52. The first kappa shape index (κ1) is 26.4. The van der Waals surface area contributed by atoms with Crippen molar-refractivity contribution in [2.24, 2.45) is 0 Å². The molecule has 3 aromatic rings. The minimum atomic E-state index is -4.07. The van der Waals surface area contributed by atoms with E-state index in [1.807, 2.05) is 44.4 Å². The molecule has 0 aromatic heterocycles. The van der Waals surface area contributed by atoms with Crippen LogP contribution in [0.1, 0.15) is 25.5 Å². The molecule has 0 aliphatic heterocycles. The number of rotatable bonds is 11. The van der Waals surface area contributed by atoms with Gasteiger partial charge in [0.2, 0.25) is 5.91 Å². The summed E-state index contributed by atoms with van der Waals surface area (Å²) in [5.74, 6) is 0.559. The minimum Gasteiger partial charge on any atom is -0.496 e. The molecule has 0 heterocycles. The number of sulfonamides is 1. The molecular weight excluding hydrogens is 484 g/mol. The molecule has 35 heavy (non-hydrogen) atoms. The summed E-state index contributed by atoms with van der Waals surface area (Å²) in [5, 5.41) is 2.90. The number of carbonyl (C=O) groups is 1. The number of para-hydroxylation sites is 3. The van der Waals surface area contributed by atoms with Gasteiger partial charge in [0.15, 0.2) is 0 Å². The first-order chi connectivity index (χ1) is 16.8. The van der Waals surface area contributed by atoms with Crippen LogP contribution in [0.3, 0.4) is 0 Å². The molecule has 0 saturated heterocycles. The molecule has 0 aliphatic rings. The van der Waals surface area contributed by atoms with Crippen LogP contribution < -0.4 is 19.1 Å². The van der Waals surface area contributed by atoms with E-state index in [1.165, 1.54) is 11.8 Å². The smallest absolute Gasteiger partial charge is 0.264 e. The second kappa shape index (κ2) is 12.0. The molecule has 0 saturated carbocycles. The highest BCUT2D eigenvalue weighted by molar-refractivity contribution is 7.98. The third-order valence-corrected chi connectivity index (χ3v) is 7.87. The summed E-state index contributed by atoms with van der Waals surface area (Å²) in [5.41, 5.74) is 1.09. The number of hydrogen-bond acceptors (Lipinski definition) is 6. The lowest BCUT2D eigenvalue weighted by Gasteiger charge is -2.27. The summed E-state index contributed by atoms with van der Waals surface area (Å²) < 4.78 is 39.7. The van der Waals surface area contributed by atoms with Gasteiger partial charge >= 0.3 is 0 Å². The van der Waals surface area contributed by atoms with Crippen LogP contribution in [0.15, 0.2) is 82.6 Å². The lowest BCUT2D eigenvalue weighted by atomic mass is 10.1. The molecule has 9 heteroatoms. The van der Waals surface area contributed by atoms with Crippen LogP contribution in [0, 0.1) is 0 Å². The first-order valence-electron chi connectivity index (χ1n) is 11.1. The Balaban J connectivity index is 1.96. The molecule has 0 radical (unpaired) electrons. The number of methoxy groups -OCH3 is 1. The maximum Gasteiger partial charge on any atom is 0.264 e. The zero-order valence-corrected chi connectivity index (χ0v) is 21.9. The Bertz CT molecular complexity index is 1250. The fourth-order valence-corrected chi connectivity index (χ4v) is 5.47. The van der Waals surface area contributed by atoms with Crippen LogP contribution in [0.2, 0.25) is 0 Å². The first-order valence-corrected chi connectivity index (χ1v) is 13.8. The van der Waals surface area contributed by atoms with Gasteiger partial charge in [-0.2, -0.15) is 0 Å². The number of amides is 1. The van der Waals surface area contributed by atoms with Crippen molar-refractivity contribution < 1.29 is 22.7 Å². The molecule has 186 valence electrons. The van der Waals surface area contributed by atoms with Gasteiger partial charge in [-0.3, -0.25) is 9.10 Å². The Hall–Kier alpha value is -3.17. The lowest BCUT2D eigenvalue weighted by Crippen LogP contribution is -2.41. The normalized spacial score (nSPS) is 12.0. The highest BCUT2D eigenvalue weighted by Gasteiger charge is 2.30. The van der Waals surface area contributed by atoms with Crippen LogP contribution >= 0.6 is 11.8 Å². The van der Waals surface area contributed by atoms with Crippen molar-refractivity contribution in [3.05, 3.63) is 78.4 Å². The molecule has 0 unspecified atom stereocenters. The summed E-state index contributed by atoms with van der Waals surface area (Å²) in [4.78, 5) is 14.2. The predicted octanol–water partition coefficient (Wildman–Crippen LogP) is 4.89. The van der Waals surface area contributed by atoms with E-state index in [4.69, 9.17) is 9.47 Å². The van der Waals surface area contributed by atoms with E-state index in [0.29, 0.717) is 23.8 Å². The van der Waals surface area contributed by atoms with Gasteiger partial charge in [0.1, 0.15) is 18.0 Å². The monoisotopic (exact) mass is 514 g/mol. The van der Waals surface area contributed by atoms with Crippen molar-refractivity contribution in [2.45, 2.75) is 29.7 Å². The van der Waals surface area contributed by atoms with Crippen molar-refractivity contribution in [1.29, 1.82) is 0 Å². The number of ether oxygens (including phenoxy) is 2. The highest BCUT2D eigenvalue weighted by Crippen LogP contribution is 2.33. The van der Waals surface area contributed by atoms with Gasteiger partial charge in [0.25, 0.3) is 10.0 Å². The number of hydrogen-bond donors (Lipinski definition) is 1. The van der Waals surface area contributed by atoms with Crippen molar-refractivity contribution in [3.8, 4) is 11.5 Å². The molecule has 0 bridgehead atoms. The summed E-state index contributed by atoms with van der Waals surface area (Å²) in [6, 6.07) is 20.4. The molecule has 0 fully saturated rings. The molecule has 3 aromatic carbocycles. The Morgan fingerprint density at radius 2 is 1.63 bits per heavy atom. The predicted molar refractivity (Wildman–Crippen MR) is 140 cm³/mol. The van der Waals surface area contributed by atoms with E-state index in [-0.39, 0.29) is 4.90 Å². The molecular formula is C26H30N2O5S2. The summed E-state index contributed by atoms with van der Waals surface area (Å²) in [6.07, 6.45) is 1.92. The number of nitrogens with one attached hydrogen (secondary N) is 1. The Labute approximate surface area is 211 Å². The molecule has 7 nitrogen and oxygen atoms in total. The van der Waals surface area contributed by atoms with Gasteiger partial charge < -0.3 is 14.8 Å². The quantitative estimate of drug-likeness (QED) is 0.367. The van der Waals surface area contributed by atoms with Gasteiger partial charge in [0.05, 0.1) is 30.3 Å². The third-order valence-electron chi connectivity index (χ3n) is 5.35. The van der Waals surface area contributed by atoms with Crippen LogP contribution in [0.25, 0.3) is 0 Å². The average molecular weight is 515 g/mol. The van der Waals surface area contributed by atoms with Crippen molar-refractivity contribution in [2.75, 3.05) is 30.8 Å². The summed E-state index contributed by atoms with van der Waals surface area (Å²) in [7, 11) is -2.51. The number of carbonyl (C=O) groups excluding carboxylic acids is 1. The topological polar surface area (TPSA) is 84.9 Å². The Morgan fingerprint density at radius 1 is 1.00 bits per heavy atom. The largest absolute Gasteiger partial charge is 0.496 e. The number of benzene rings is 3. The second-order valence-corrected chi connectivity index (χ2v) is 10.4. The van der Waals surface area contributed by atoms with Crippen LogP contribution in [0.5, 0.6) is 11.5 Å². The molecule has 0 spiro atoms. The number of nitrogens with zero attached hydrogens (tertiary/aromatic N) is 1. The van der Waals surface area contributed by atoms with E-state index in [1.54, 1.807) is 55.6 Å². The summed E-state index contributed by atoms with van der Waals surface area (Å²) in [6.45, 7) is 3.57. The van der Waals surface area contributed by atoms with E-state index in [0.717, 1.165) is 14.8 Å². The zero-order valence-electron chi connectivity index (χ0n) is 20.2. The maximum atomic E-state index is 13.7. The average Bonchev–Trinajstić information content (AvgIpc) is 2.87. The number of anilines is 1. The van der Waals surface area contributed by atoms with Gasteiger partial charge in [0, 0.05) is 10.5 Å². The van der Waals surface area contributed by atoms with Crippen molar-refractivity contribution >= 4 is 33.4 Å². The third kappa shape index (κ3) is 6.29. The van der Waals surface area contributed by atoms with Crippen LogP contribution in [0.4, 0.5) is 5.69 Å². The second-order valence-electron chi connectivity index (χ2n) is 7.62. The maximum absolute atomic E-state index is 13.7. The van der Waals surface area contributed by atoms with Gasteiger partial charge in [-0.05, 0) is 62.6 Å². The minimum absolute atomic E-state index is 0.0900. The SMILES string of the molecule is CCOc1ccccc1N(CC(=O)N[C@H](C)c1ccccc1OC)S(=O)(=O)c1ccc(SC)cc1.